The Balaban J connectivity index is 3.51. The molecule has 0 N–H and O–H groups in total. The van der Waals surface area contributed by atoms with Crippen LogP contribution in [0.2, 0.25) is 0 Å². The van der Waals surface area contributed by atoms with Gasteiger partial charge in [0.25, 0.3) is 0 Å². The summed E-state index contributed by atoms with van der Waals surface area (Å²) in [7, 11) is 0. The lowest BCUT2D eigenvalue weighted by Gasteiger charge is -2.09. The van der Waals surface area contributed by atoms with Gasteiger partial charge in [-0.3, -0.25) is 0 Å². The van der Waals surface area contributed by atoms with Gasteiger partial charge in [-0.25, -0.2) is 4.79 Å². The molecular weight excluding hydrogens is 164 g/mol. The van der Waals surface area contributed by atoms with Crippen LogP contribution in [0.25, 0.3) is 0 Å². The van der Waals surface area contributed by atoms with Crippen LogP contribution in [-0.4, -0.2) is 0 Å². The minimum Gasteiger partial charge on any atom is -0.428 e. The van der Waals surface area contributed by atoms with Crippen LogP contribution in [0.5, 0.6) is 0 Å². The van der Waals surface area contributed by atoms with Gasteiger partial charge in [0.2, 0.25) is 0 Å². The van der Waals surface area contributed by atoms with Crippen molar-refractivity contribution in [3.8, 4) is 0 Å². The average Bonchev–Trinajstić information content (AvgIpc) is 2.10. The van der Waals surface area contributed by atoms with Crippen molar-refractivity contribution in [1.29, 1.82) is 0 Å². The van der Waals surface area contributed by atoms with Crippen molar-refractivity contribution in [3.05, 3.63) is 32.9 Å². The van der Waals surface area contributed by atoms with Gasteiger partial charge in [0.1, 0.15) is 5.76 Å². The summed E-state index contributed by atoms with van der Waals surface area (Å²) < 4.78 is 5.12. The Morgan fingerprint density at radius 3 is 2.08 bits per heavy atom. The SMILES string of the molecule is CCc1c(C)oc(=O)c(C)c1CC. The summed E-state index contributed by atoms with van der Waals surface area (Å²) in [6, 6.07) is 0. The lowest BCUT2D eigenvalue weighted by Crippen LogP contribution is -2.11. The number of hydrogen-bond acceptors (Lipinski definition) is 2. The molecule has 0 fully saturated rings. The maximum Gasteiger partial charge on any atom is 0.339 e. The Hall–Kier alpha value is -1.05. The van der Waals surface area contributed by atoms with E-state index in [1.54, 1.807) is 0 Å². The van der Waals surface area contributed by atoms with Gasteiger partial charge >= 0.3 is 5.63 Å². The standard InChI is InChI=1S/C11H16O2/c1-5-9-7(3)11(12)13-8(4)10(9)6-2/h5-6H2,1-4H3. The fourth-order valence-electron chi connectivity index (χ4n) is 1.78. The van der Waals surface area contributed by atoms with Gasteiger partial charge in [-0.15, -0.1) is 0 Å². The predicted octanol–water partition coefficient (Wildman–Crippen LogP) is 2.38. The van der Waals surface area contributed by atoms with Crippen molar-refractivity contribution in [2.24, 2.45) is 0 Å². The fraction of sp³-hybridized carbons (Fsp3) is 0.545. The van der Waals surface area contributed by atoms with Gasteiger partial charge in [-0.2, -0.15) is 0 Å². The summed E-state index contributed by atoms with van der Waals surface area (Å²) in [6.45, 7) is 7.85. The molecule has 0 aliphatic carbocycles. The molecular formula is C11H16O2. The van der Waals surface area contributed by atoms with Gasteiger partial charge in [0.15, 0.2) is 0 Å². The summed E-state index contributed by atoms with van der Waals surface area (Å²) in [5, 5.41) is 0. The van der Waals surface area contributed by atoms with Crippen LogP contribution in [0, 0.1) is 13.8 Å². The van der Waals surface area contributed by atoms with Crippen LogP contribution >= 0.6 is 0 Å². The fourth-order valence-corrected chi connectivity index (χ4v) is 1.78. The zero-order valence-corrected chi connectivity index (χ0v) is 8.73. The zero-order chi connectivity index (χ0) is 10.0. The molecule has 0 aromatic carbocycles. The highest BCUT2D eigenvalue weighted by Crippen LogP contribution is 2.16. The second-order valence-electron chi connectivity index (χ2n) is 3.23. The van der Waals surface area contributed by atoms with Crippen molar-refractivity contribution in [2.75, 3.05) is 0 Å². The van der Waals surface area contributed by atoms with E-state index in [9.17, 15) is 4.79 Å². The van der Waals surface area contributed by atoms with Crippen LogP contribution in [0.1, 0.15) is 36.3 Å². The van der Waals surface area contributed by atoms with Crippen molar-refractivity contribution in [2.45, 2.75) is 40.5 Å². The molecule has 0 spiro atoms. The third kappa shape index (κ3) is 1.67. The molecule has 0 saturated carbocycles. The molecule has 1 aromatic rings. The molecule has 2 heteroatoms. The van der Waals surface area contributed by atoms with Gasteiger partial charge < -0.3 is 4.42 Å². The molecule has 1 heterocycles. The third-order valence-corrected chi connectivity index (χ3v) is 2.50. The van der Waals surface area contributed by atoms with E-state index in [0.717, 1.165) is 29.7 Å². The molecule has 13 heavy (non-hydrogen) atoms. The van der Waals surface area contributed by atoms with E-state index >= 15 is 0 Å². The quantitative estimate of drug-likeness (QED) is 0.699. The van der Waals surface area contributed by atoms with Crippen LogP contribution in [-0.2, 0) is 12.8 Å². The first-order valence-corrected chi connectivity index (χ1v) is 4.73. The van der Waals surface area contributed by atoms with E-state index in [0.29, 0.717) is 0 Å². The second kappa shape index (κ2) is 3.77. The van der Waals surface area contributed by atoms with Gasteiger partial charge in [0.05, 0.1) is 0 Å². The van der Waals surface area contributed by atoms with Crippen LogP contribution in [0.4, 0.5) is 0 Å². The van der Waals surface area contributed by atoms with Gasteiger partial charge in [-0.05, 0) is 37.8 Å². The number of aryl methyl sites for hydroxylation is 1. The first kappa shape index (κ1) is 10.0. The number of hydrogen-bond donors (Lipinski definition) is 0. The normalized spacial score (nSPS) is 10.5. The summed E-state index contributed by atoms with van der Waals surface area (Å²) in [5.74, 6) is 0.773. The molecule has 0 atom stereocenters. The minimum atomic E-state index is -0.188. The molecule has 0 unspecified atom stereocenters. The molecule has 0 radical (unpaired) electrons. The largest absolute Gasteiger partial charge is 0.428 e. The average molecular weight is 180 g/mol. The Morgan fingerprint density at radius 1 is 1.08 bits per heavy atom. The minimum absolute atomic E-state index is 0.188. The summed E-state index contributed by atoms with van der Waals surface area (Å²) >= 11 is 0. The van der Waals surface area contributed by atoms with Gasteiger partial charge in [-0.1, -0.05) is 13.8 Å². The van der Waals surface area contributed by atoms with E-state index in [2.05, 4.69) is 13.8 Å². The van der Waals surface area contributed by atoms with E-state index in [-0.39, 0.29) is 5.63 Å². The van der Waals surface area contributed by atoms with Crippen LogP contribution < -0.4 is 5.63 Å². The molecule has 0 aliphatic heterocycles. The lowest BCUT2D eigenvalue weighted by molar-refractivity contribution is 0.465. The predicted molar refractivity (Wildman–Crippen MR) is 53.2 cm³/mol. The smallest absolute Gasteiger partial charge is 0.339 e. The maximum absolute atomic E-state index is 11.3. The molecule has 0 saturated heterocycles. The highest BCUT2D eigenvalue weighted by molar-refractivity contribution is 5.33. The third-order valence-electron chi connectivity index (χ3n) is 2.50. The molecule has 0 aliphatic rings. The highest BCUT2D eigenvalue weighted by atomic mass is 16.4. The molecule has 0 bridgehead atoms. The first-order chi connectivity index (χ1) is 6.11. The summed E-state index contributed by atoms with van der Waals surface area (Å²) in [5.41, 5.74) is 2.94. The zero-order valence-electron chi connectivity index (χ0n) is 8.73. The van der Waals surface area contributed by atoms with Crippen molar-refractivity contribution in [3.63, 3.8) is 0 Å². The van der Waals surface area contributed by atoms with Crippen molar-refractivity contribution in [1.82, 2.24) is 0 Å². The molecule has 2 nitrogen and oxygen atoms in total. The van der Waals surface area contributed by atoms with E-state index < -0.39 is 0 Å². The Labute approximate surface area is 78.6 Å². The maximum atomic E-state index is 11.3. The van der Waals surface area contributed by atoms with E-state index in [4.69, 9.17) is 4.42 Å². The van der Waals surface area contributed by atoms with Crippen molar-refractivity contribution < 1.29 is 4.42 Å². The molecule has 1 aromatic heterocycles. The van der Waals surface area contributed by atoms with Crippen molar-refractivity contribution >= 4 is 0 Å². The summed E-state index contributed by atoms with van der Waals surface area (Å²) in [4.78, 5) is 11.3. The van der Waals surface area contributed by atoms with Crippen LogP contribution in [0.3, 0.4) is 0 Å². The van der Waals surface area contributed by atoms with Gasteiger partial charge in [0, 0.05) is 5.56 Å². The highest BCUT2D eigenvalue weighted by Gasteiger charge is 2.10. The Bertz CT molecular complexity index is 361. The Kier molecular flexibility index (Phi) is 2.91. The second-order valence-corrected chi connectivity index (χ2v) is 3.23. The Morgan fingerprint density at radius 2 is 1.62 bits per heavy atom. The van der Waals surface area contributed by atoms with Crippen LogP contribution in [0.15, 0.2) is 9.21 Å². The van der Waals surface area contributed by atoms with E-state index in [1.165, 1.54) is 5.56 Å². The topological polar surface area (TPSA) is 30.2 Å². The summed E-state index contributed by atoms with van der Waals surface area (Å²) in [6.07, 6.45) is 1.83. The van der Waals surface area contributed by atoms with E-state index in [1.807, 2.05) is 13.8 Å². The molecule has 0 amide bonds. The lowest BCUT2D eigenvalue weighted by atomic mass is 9.99. The molecule has 1 rings (SSSR count). The monoisotopic (exact) mass is 180 g/mol. The number of rotatable bonds is 2. The first-order valence-electron chi connectivity index (χ1n) is 4.73. The molecule has 72 valence electrons.